The maximum Gasteiger partial charge on any atom is 0.234 e. The first kappa shape index (κ1) is 16.1. The van der Waals surface area contributed by atoms with Crippen molar-refractivity contribution < 1.29 is 9.18 Å². The van der Waals surface area contributed by atoms with Crippen molar-refractivity contribution >= 4 is 18.3 Å². The SMILES string of the molecule is Cl.NC(=O)[C@@H](N)Cc1ccc(-c2ccccc2F)cc1. The monoisotopic (exact) mass is 294 g/mol. The Balaban J connectivity index is 0.00000200. The van der Waals surface area contributed by atoms with Crippen LogP contribution in [0, 0.1) is 5.82 Å². The largest absolute Gasteiger partial charge is 0.368 e. The molecular formula is C15H16ClFN2O. The molecule has 1 atom stereocenters. The van der Waals surface area contributed by atoms with Crippen LogP contribution in [0.5, 0.6) is 0 Å². The standard InChI is InChI=1S/C15H15FN2O.ClH/c16-13-4-2-1-3-12(13)11-7-5-10(6-8-11)9-14(17)15(18)19;/h1-8,14H,9,17H2,(H2,18,19);1H/t14-;/m0./s1. The molecule has 0 fully saturated rings. The summed E-state index contributed by atoms with van der Waals surface area (Å²) in [5.41, 5.74) is 12.9. The Morgan fingerprint density at radius 3 is 2.25 bits per heavy atom. The molecule has 0 aromatic heterocycles. The van der Waals surface area contributed by atoms with Crippen LogP contribution in [0.2, 0.25) is 0 Å². The third-order valence-corrected chi connectivity index (χ3v) is 2.96. The maximum atomic E-state index is 13.6. The van der Waals surface area contributed by atoms with E-state index in [4.69, 9.17) is 11.5 Å². The zero-order valence-corrected chi connectivity index (χ0v) is 11.6. The highest BCUT2D eigenvalue weighted by molar-refractivity contribution is 5.85. The molecule has 0 spiro atoms. The zero-order chi connectivity index (χ0) is 13.8. The van der Waals surface area contributed by atoms with Crippen molar-refractivity contribution in [3.8, 4) is 11.1 Å². The van der Waals surface area contributed by atoms with Crippen LogP contribution >= 0.6 is 12.4 Å². The Hall–Kier alpha value is -1.91. The Morgan fingerprint density at radius 1 is 1.10 bits per heavy atom. The first-order valence-corrected chi connectivity index (χ1v) is 5.96. The number of rotatable bonds is 4. The highest BCUT2D eigenvalue weighted by Gasteiger charge is 2.10. The maximum absolute atomic E-state index is 13.6. The molecule has 0 aliphatic carbocycles. The van der Waals surface area contributed by atoms with Crippen LogP contribution in [0.1, 0.15) is 5.56 Å². The Labute approximate surface area is 123 Å². The molecule has 0 aliphatic rings. The molecule has 2 rings (SSSR count). The van der Waals surface area contributed by atoms with Gasteiger partial charge in [-0.2, -0.15) is 0 Å². The van der Waals surface area contributed by atoms with Crippen LogP contribution in [-0.2, 0) is 11.2 Å². The van der Waals surface area contributed by atoms with Gasteiger partial charge in [-0.3, -0.25) is 4.79 Å². The van der Waals surface area contributed by atoms with Gasteiger partial charge in [-0.1, -0.05) is 42.5 Å². The van der Waals surface area contributed by atoms with Gasteiger partial charge >= 0.3 is 0 Å². The van der Waals surface area contributed by atoms with E-state index in [0.717, 1.165) is 11.1 Å². The smallest absolute Gasteiger partial charge is 0.234 e. The van der Waals surface area contributed by atoms with Gasteiger partial charge in [-0.05, 0) is 23.6 Å². The van der Waals surface area contributed by atoms with Crippen LogP contribution in [0.3, 0.4) is 0 Å². The summed E-state index contributed by atoms with van der Waals surface area (Å²) < 4.78 is 13.6. The average Bonchev–Trinajstić information content (AvgIpc) is 2.40. The summed E-state index contributed by atoms with van der Waals surface area (Å²) in [6, 6.07) is 13.2. The quantitative estimate of drug-likeness (QED) is 0.908. The van der Waals surface area contributed by atoms with Crippen molar-refractivity contribution in [2.45, 2.75) is 12.5 Å². The summed E-state index contributed by atoms with van der Waals surface area (Å²) in [6.45, 7) is 0. The minimum Gasteiger partial charge on any atom is -0.368 e. The summed E-state index contributed by atoms with van der Waals surface area (Å²) in [7, 11) is 0. The summed E-state index contributed by atoms with van der Waals surface area (Å²) >= 11 is 0. The molecule has 4 N–H and O–H groups in total. The second-order valence-corrected chi connectivity index (χ2v) is 4.39. The number of hydrogen-bond acceptors (Lipinski definition) is 2. The first-order valence-electron chi connectivity index (χ1n) is 5.96. The molecular weight excluding hydrogens is 279 g/mol. The number of carbonyl (C=O) groups excluding carboxylic acids is 1. The van der Waals surface area contributed by atoms with Crippen LogP contribution in [0.25, 0.3) is 11.1 Å². The summed E-state index contributed by atoms with van der Waals surface area (Å²) in [5.74, 6) is -0.790. The fourth-order valence-corrected chi connectivity index (χ4v) is 1.87. The topological polar surface area (TPSA) is 69.1 Å². The van der Waals surface area contributed by atoms with E-state index in [1.807, 2.05) is 24.3 Å². The van der Waals surface area contributed by atoms with E-state index in [9.17, 15) is 9.18 Å². The summed E-state index contributed by atoms with van der Waals surface area (Å²) in [4.78, 5) is 10.9. The molecule has 0 bridgehead atoms. The highest BCUT2D eigenvalue weighted by atomic mass is 35.5. The lowest BCUT2D eigenvalue weighted by atomic mass is 10.0. The molecule has 106 valence electrons. The second-order valence-electron chi connectivity index (χ2n) is 4.39. The van der Waals surface area contributed by atoms with Crippen molar-refractivity contribution in [1.29, 1.82) is 0 Å². The average molecular weight is 295 g/mol. The molecule has 2 aromatic rings. The Bertz CT molecular complexity index is 587. The third kappa shape index (κ3) is 3.79. The number of halogens is 2. The molecule has 20 heavy (non-hydrogen) atoms. The molecule has 0 radical (unpaired) electrons. The van der Waals surface area contributed by atoms with Gasteiger partial charge in [-0.15, -0.1) is 12.4 Å². The molecule has 0 heterocycles. The normalized spacial score (nSPS) is 11.5. The van der Waals surface area contributed by atoms with E-state index in [2.05, 4.69) is 0 Å². The molecule has 0 unspecified atom stereocenters. The number of hydrogen-bond donors (Lipinski definition) is 2. The van der Waals surface area contributed by atoms with Crippen LogP contribution < -0.4 is 11.5 Å². The lowest BCUT2D eigenvalue weighted by Crippen LogP contribution is -2.38. The first-order chi connectivity index (χ1) is 9.08. The van der Waals surface area contributed by atoms with Crippen molar-refractivity contribution in [2.24, 2.45) is 11.5 Å². The number of carbonyl (C=O) groups is 1. The van der Waals surface area contributed by atoms with Crippen molar-refractivity contribution in [2.75, 3.05) is 0 Å². The lowest BCUT2D eigenvalue weighted by Gasteiger charge is -2.08. The van der Waals surface area contributed by atoms with Gasteiger partial charge in [-0.25, -0.2) is 4.39 Å². The third-order valence-electron chi connectivity index (χ3n) is 2.96. The molecule has 5 heteroatoms. The second kappa shape index (κ2) is 7.03. The Kier molecular flexibility index (Phi) is 5.67. The molecule has 0 saturated heterocycles. The van der Waals surface area contributed by atoms with Crippen molar-refractivity contribution in [1.82, 2.24) is 0 Å². The van der Waals surface area contributed by atoms with E-state index in [1.165, 1.54) is 6.07 Å². The summed E-state index contributed by atoms with van der Waals surface area (Å²) in [5, 5.41) is 0. The van der Waals surface area contributed by atoms with Gasteiger partial charge in [0.1, 0.15) is 5.82 Å². The minimum absolute atomic E-state index is 0. The van der Waals surface area contributed by atoms with Gasteiger partial charge < -0.3 is 11.5 Å². The predicted molar refractivity (Wildman–Crippen MR) is 80.0 cm³/mol. The van der Waals surface area contributed by atoms with E-state index in [1.54, 1.807) is 18.2 Å². The highest BCUT2D eigenvalue weighted by Crippen LogP contribution is 2.22. The molecule has 2 aromatic carbocycles. The van der Waals surface area contributed by atoms with E-state index >= 15 is 0 Å². The number of amides is 1. The van der Waals surface area contributed by atoms with Crippen molar-refractivity contribution in [3.05, 3.63) is 59.9 Å². The predicted octanol–water partition coefficient (Wildman–Crippen LogP) is 2.27. The van der Waals surface area contributed by atoms with Gasteiger partial charge in [0.25, 0.3) is 0 Å². The van der Waals surface area contributed by atoms with Crippen LogP contribution in [-0.4, -0.2) is 11.9 Å². The van der Waals surface area contributed by atoms with Crippen LogP contribution in [0.4, 0.5) is 4.39 Å². The summed E-state index contributed by atoms with van der Waals surface area (Å²) in [6.07, 6.45) is 0.382. The molecule has 1 amide bonds. The Morgan fingerprint density at radius 2 is 1.70 bits per heavy atom. The fraction of sp³-hybridized carbons (Fsp3) is 0.133. The lowest BCUT2D eigenvalue weighted by molar-refractivity contribution is -0.119. The van der Waals surface area contributed by atoms with Gasteiger partial charge in [0, 0.05) is 5.56 Å². The minimum atomic E-state index is -0.695. The molecule has 0 saturated carbocycles. The number of benzene rings is 2. The molecule has 3 nitrogen and oxygen atoms in total. The zero-order valence-electron chi connectivity index (χ0n) is 10.8. The number of nitrogens with two attached hydrogens (primary N) is 2. The van der Waals surface area contributed by atoms with Gasteiger partial charge in [0.05, 0.1) is 6.04 Å². The van der Waals surface area contributed by atoms with Crippen molar-refractivity contribution in [3.63, 3.8) is 0 Å². The van der Waals surface area contributed by atoms with E-state index < -0.39 is 11.9 Å². The van der Waals surface area contributed by atoms with Crippen LogP contribution in [0.15, 0.2) is 48.5 Å². The van der Waals surface area contributed by atoms with Gasteiger partial charge in [0.15, 0.2) is 0 Å². The molecule has 0 aliphatic heterocycles. The van der Waals surface area contributed by atoms with E-state index in [-0.39, 0.29) is 18.2 Å². The van der Waals surface area contributed by atoms with Gasteiger partial charge in [0.2, 0.25) is 5.91 Å². The fourth-order valence-electron chi connectivity index (χ4n) is 1.87. The number of primary amides is 1. The van der Waals surface area contributed by atoms with E-state index in [0.29, 0.717) is 12.0 Å².